The SMILES string of the molecule is COc1ncccc1CN1C(=O)CNC(=O)C1(C)C1CC1. The number of nitrogens with zero attached hydrogens (tertiary/aromatic N) is 2. The number of hydrogen-bond acceptors (Lipinski definition) is 4. The van der Waals surface area contributed by atoms with Gasteiger partial charge in [0.15, 0.2) is 0 Å². The van der Waals surface area contributed by atoms with E-state index in [0.29, 0.717) is 12.4 Å². The van der Waals surface area contributed by atoms with Gasteiger partial charge in [-0.1, -0.05) is 6.07 Å². The maximum Gasteiger partial charge on any atom is 0.246 e. The van der Waals surface area contributed by atoms with E-state index in [2.05, 4.69) is 10.3 Å². The van der Waals surface area contributed by atoms with Gasteiger partial charge in [0.2, 0.25) is 17.7 Å². The van der Waals surface area contributed by atoms with Gasteiger partial charge in [0.1, 0.15) is 5.54 Å². The van der Waals surface area contributed by atoms with E-state index in [0.717, 1.165) is 18.4 Å². The standard InChI is InChI=1S/C15H19N3O3/c1-15(11-5-6-11)14(20)17-8-12(19)18(15)9-10-4-3-7-16-13(10)21-2/h3-4,7,11H,5-6,8-9H2,1-2H3,(H,17,20). The highest BCUT2D eigenvalue weighted by Gasteiger charge is 2.54. The van der Waals surface area contributed by atoms with Crippen LogP contribution in [0.4, 0.5) is 0 Å². The molecular weight excluding hydrogens is 270 g/mol. The minimum Gasteiger partial charge on any atom is -0.481 e. The van der Waals surface area contributed by atoms with Gasteiger partial charge in [0.05, 0.1) is 20.2 Å². The lowest BCUT2D eigenvalue weighted by atomic mass is 9.89. The molecule has 2 heterocycles. The summed E-state index contributed by atoms with van der Waals surface area (Å²) in [6.45, 7) is 2.26. The van der Waals surface area contributed by atoms with Crippen LogP contribution in [0.2, 0.25) is 0 Å². The van der Waals surface area contributed by atoms with E-state index in [1.54, 1.807) is 24.3 Å². The zero-order valence-electron chi connectivity index (χ0n) is 12.3. The van der Waals surface area contributed by atoms with Crippen LogP contribution in [0.5, 0.6) is 5.88 Å². The van der Waals surface area contributed by atoms with Gasteiger partial charge in [0, 0.05) is 11.8 Å². The van der Waals surface area contributed by atoms with Crippen LogP contribution in [0.25, 0.3) is 0 Å². The summed E-state index contributed by atoms with van der Waals surface area (Å²) in [6, 6.07) is 3.68. The van der Waals surface area contributed by atoms with E-state index in [4.69, 9.17) is 4.74 Å². The molecule has 0 aromatic carbocycles. The summed E-state index contributed by atoms with van der Waals surface area (Å²) in [4.78, 5) is 30.5. The van der Waals surface area contributed by atoms with Gasteiger partial charge >= 0.3 is 0 Å². The molecule has 21 heavy (non-hydrogen) atoms. The molecule has 1 aliphatic carbocycles. The van der Waals surface area contributed by atoms with Gasteiger partial charge in [-0.2, -0.15) is 0 Å². The zero-order valence-corrected chi connectivity index (χ0v) is 12.3. The lowest BCUT2D eigenvalue weighted by Gasteiger charge is -2.44. The molecule has 2 fully saturated rings. The number of ether oxygens (including phenoxy) is 1. The van der Waals surface area contributed by atoms with Crippen molar-refractivity contribution in [1.82, 2.24) is 15.2 Å². The number of methoxy groups -OCH3 is 1. The summed E-state index contributed by atoms with van der Waals surface area (Å²) in [5.74, 6) is 0.612. The van der Waals surface area contributed by atoms with Gasteiger partial charge in [-0.15, -0.1) is 0 Å². The summed E-state index contributed by atoms with van der Waals surface area (Å²) in [6.07, 6.45) is 3.61. The highest BCUT2D eigenvalue weighted by molar-refractivity contribution is 5.98. The Bertz CT molecular complexity index is 585. The van der Waals surface area contributed by atoms with Crippen molar-refractivity contribution in [2.24, 2.45) is 5.92 Å². The number of piperazine rings is 1. The Morgan fingerprint density at radius 3 is 2.90 bits per heavy atom. The molecule has 1 atom stereocenters. The van der Waals surface area contributed by atoms with E-state index >= 15 is 0 Å². The van der Waals surface area contributed by atoms with Crippen molar-refractivity contribution in [3.8, 4) is 5.88 Å². The molecule has 1 saturated heterocycles. The highest BCUT2D eigenvalue weighted by Crippen LogP contribution is 2.45. The van der Waals surface area contributed by atoms with Crippen LogP contribution in [0.1, 0.15) is 25.3 Å². The van der Waals surface area contributed by atoms with Crippen LogP contribution in [-0.2, 0) is 16.1 Å². The Morgan fingerprint density at radius 1 is 1.48 bits per heavy atom. The van der Waals surface area contributed by atoms with Crippen LogP contribution in [0, 0.1) is 5.92 Å². The lowest BCUT2D eigenvalue weighted by Crippen LogP contribution is -2.66. The molecule has 6 nitrogen and oxygen atoms in total. The van der Waals surface area contributed by atoms with Crippen molar-refractivity contribution in [1.29, 1.82) is 0 Å². The monoisotopic (exact) mass is 289 g/mol. The maximum absolute atomic E-state index is 12.3. The van der Waals surface area contributed by atoms with Crippen LogP contribution in [0.15, 0.2) is 18.3 Å². The minimum atomic E-state index is -0.768. The van der Waals surface area contributed by atoms with Crippen LogP contribution >= 0.6 is 0 Å². The topological polar surface area (TPSA) is 71.5 Å². The van der Waals surface area contributed by atoms with Crippen LogP contribution < -0.4 is 10.1 Å². The second-order valence-corrected chi connectivity index (χ2v) is 5.76. The molecule has 1 aliphatic heterocycles. The third-order valence-corrected chi connectivity index (χ3v) is 4.47. The summed E-state index contributed by atoms with van der Waals surface area (Å²) in [5, 5.41) is 2.71. The van der Waals surface area contributed by atoms with E-state index in [-0.39, 0.29) is 24.3 Å². The predicted octanol–water partition coefficient (Wildman–Crippen LogP) is 0.717. The number of carbonyl (C=O) groups excluding carboxylic acids is 2. The molecule has 2 amide bonds. The first-order chi connectivity index (χ1) is 10.1. The molecule has 2 aliphatic rings. The smallest absolute Gasteiger partial charge is 0.246 e. The highest BCUT2D eigenvalue weighted by atomic mass is 16.5. The largest absolute Gasteiger partial charge is 0.481 e. The average molecular weight is 289 g/mol. The summed E-state index contributed by atoms with van der Waals surface area (Å²) < 4.78 is 5.24. The molecule has 112 valence electrons. The number of rotatable bonds is 4. The molecule has 0 bridgehead atoms. The average Bonchev–Trinajstić information content (AvgIpc) is 3.33. The molecule has 1 unspecified atom stereocenters. The van der Waals surface area contributed by atoms with Crippen molar-refractivity contribution in [3.63, 3.8) is 0 Å². The first-order valence-electron chi connectivity index (χ1n) is 7.14. The second kappa shape index (κ2) is 5.02. The number of pyridine rings is 1. The van der Waals surface area contributed by atoms with Gasteiger partial charge < -0.3 is 15.0 Å². The molecular formula is C15H19N3O3. The van der Waals surface area contributed by atoms with Crippen molar-refractivity contribution in [2.75, 3.05) is 13.7 Å². The summed E-state index contributed by atoms with van der Waals surface area (Å²) in [7, 11) is 1.55. The number of amides is 2. The second-order valence-electron chi connectivity index (χ2n) is 5.76. The molecule has 1 aromatic rings. The molecule has 1 aromatic heterocycles. The van der Waals surface area contributed by atoms with Crippen molar-refractivity contribution in [2.45, 2.75) is 31.8 Å². The zero-order chi connectivity index (χ0) is 15.0. The number of carbonyl (C=O) groups is 2. The van der Waals surface area contributed by atoms with E-state index in [1.807, 2.05) is 13.0 Å². The summed E-state index contributed by atoms with van der Waals surface area (Å²) in [5.41, 5.74) is 0.0471. The number of aromatic nitrogens is 1. The van der Waals surface area contributed by atoms with E-state index in [1.165, 1.54) is 0 Å². The molecule has 1 N–H and O–H groups in total. The third kappa shape index (κ3) is 2.24. The summed E-state index contributed by atoms with van der Waals surface area (Å²) >= 11 is 0. The van der Waals surface area contributed by atoms with Crippen LogP contribution in [0.3, 0.4) is 0 Å². The first kappa shape index (κ1) is 13.9. The Kier molecular flexibility index (Phi) is 3.31. The molecule has 3 rings (SSSR count). The van der Waals surface area contributed by atoms with Crippen molar-refractivity contribution in [3.05, 3.63) is 23.9 Å². The maximum atomic E-state index is 12.3. The quantitative estimate of drug-likeness (QED) is 0.886. The Morgan fingerprint density at radius 2 is 2.24 bits per heavy atom. The lowest BCUT2D eigenvalue weighted by molar-refractivity contribution is -0.155. The van der Waals surface area contributed by atoms with Gasteiger partial charge in [0.25, 0.3) is 0 Å². The number of nitrogens with one attached hydrogen (secondary N) is 1. The Balaban J connectivity index is 1.93. The third-order valence-electron chi connectivity index (χ3n) is 4.47. The first-order valence-corrected chi connectivity index (χ1v) is 7.14. The van der Waals surface area contributed by atoms with Gasteiger partial charge in [-0.25, -0.2) is 4.98 Å². The molecule has 0 spiro atoms. The fourth-order valence-corrected chi connectivity index (χ4v) is 3.01. The van der Waals surface area contributed by atoms with Crippen molar-refractivity contribution < 1.29 is 14.3 Å². The fourth-order valence-electron chi connectivity index (χ4n) is 3.01. The normalized spacial score (nSPS) is 25.7. The predicted molar refractivity (Wildman–Crippen MR) is 75.5 cm³/mol. The van der Waals surface area contributed by atoms with Crippen LogP contribution in [-0.4, -0.2) is 40.9 Å². The fraction of sp³-hybridized carbons (Fsp3) is 0.533. The van der Waals surface area contributed by atoms with Gasteiger partial charge in [-0.05, 0) is 31.7 Å². The van der Waals surface area contributed by atoms with Crippen molar-refractivity contribution >= 4 is 11.8 Å². The van der Waals surface area contributed by atoms with E-state index in [9.17, 15) is 9.59 Å². The molecule has 0 radical (unpaired) electrons. The molecule has 6 heteroatoms. The number of hydrogen-bond donors (Lipinski definition) is 1. The molecule has 1 saturated carbocycles. The van der Waals surface area contributed by atoms with Gasteiger partial charge in [-0.3, -0.25) is 9.59 Å². The Labute approximate surface area is 123 Å². The minimum absolute atomic E-state index is 0.0592. The Hall–Kier alpha value is -2.11. The van der Waals surface area contributed by atoms with E-state index < -0.39 is 5.54 Å².